The van der Waals surface area contributed by atoms with Crippen LogP contribution in [0.25, 0.3) is 0 Å². The highest BCUT2D eigenvalue weighted by molar-refractivity contribution is 6.06. The van der Waals surface area contributed by atoms with Gasteiger partial charge in [-0.15, -0.1) is 0 Å². The molecule has 162 valence electrons. The molecule has 0 aliphatic carbocycles. The lowest BCUT2D eigenvalue weighted by Gasteiger charge is -2.29. The van der Waals surface area contributed by atoms with Gasteiger partial charge in [0.25, 0.3) is 5.91 Å². The quantitative estimate of drug-likeness (QED) is 0.507. The van der Waals surface area contributed by atoms with Crippen LogP contribution in [-0.2, 0) is 17.4 Å². The molecule has 0 radical (unpaired) electrons. The summed E-state index contributed by atoms with van der Waals surface area (Å²) in [6, 6.07) is 23.5. The molecule has 0 spiro atoms. The van der Waals surface area contributed by atoms with Gasteiger partial charge in [-0.1, -0.05) is 90.1 Å². The summed E-state index contributed by atoms with van der Waals surface area (Å²) in [5.41, 5.74) is 3.48. The van der Waals surface area contributed by atoms with Gasteiger partial charge in [0, 0.05) is 22.4 Å². The van der Waals surface area contributed by atoms with Crippen LogP contribution in [0.4, 0.5) is 5.69 Å². The summed E-state index contributed by atoms with van der Waals surface area (Å²) in [5, 5.41) is 11.0. The van der Waals surface area contributed by atoms with E-state index in [0.717, 1.165) is 22.4 Å². The number of amides is 1. The summed E-state index contributed by atoms with van der Waals surface area (Å²) in [5.74, 6) is 0.205. The number of phenols is 1. The molecule has 0 aliphatic heterocycles. The van der Waals surface area contributed by atoms with Crippen molar-refractivity contribution in [2.24, 2.45) is 0 Å². The van der Waals surface area contributed by atoms with E-state index in [1.807, 2.05) is 72.8 Å². The van der Waals surface area contributed by atoms with Crippen LogP contribution < -0.4 is 4.90 Å². The average Bonchev–Trinajstić information content (AvgIpc) is 2.71. The summed E-state index contributed by atoms with van der Waals surface area (Å²) in [4.78, 5) is 15.7. The first-order valence-corrected chi connectivity index (χ1v) is 10.8. The molecule has 0 bridgehead atoms. The molecule has 0 saturated heterocycles. The molecular weight excluding hydrogens is 382 g/mol. The van der Waals surface area contributed by atoms with E-state index in [0.29, 0.717) is 12.1 Å². The maximum Gasteiger partial charge on any atom is 0.258 e. The van der Waals surface area contributed by atoms with Crippen LogP contribution in [0.2, 0.25) is 0 Å². The summed E-state index contributed by atoms with van der Waals surface area (Å²) in [6.07, 6.45) is 0. The number of benzene rings is 3. The summed E-state index contributed by atoms with van der Waals surface area (Å²) >= 11 is 0. The van der Waals surface area contributed by atoms with Crippen LogP contribution >= 0.6 is 0 Å². The number of carbonyl (C=O) groups excluding carboxylic acids is 1. The molecule has 0 fully saturated rings. The lowest BCUT2D eigenvalue weighted by molar-refractivity contribution is 0.0985. The summed E-state index contributed by atoms with van der Waals surface area (Å²) in [7, 11) is 0. The molecule has 3 aromatic rings. The van der Waals surface area contributed by atoms with Crippen molar-refractivity contribution in [3.05, 3.63) is 95.1 Å². The predicted octanol–water partition coefficient (Wildman–Crippen LogP) is 6.83. The second-order valence-corrected chi connectivity index (χ2v) is 10.1. The second-order valence-electron chi connectivity index (χ2n) is 10.1. The number of para-hydroxylation sites is 1. The molecular formula is C28H33NO2. The van der Waals surface area contributed by atoms with E-state index in [2.05, 4.69) is 41.5 Å². The maximum absolute atomic E-state index is 13.9. The fraction of sp³-hybridized carbons (Fsp3) is 0.321. The third kappa shape index (κ3) is 5.16. The van der Waals surface area contributed by atoms with Crippen LogP contribution in [0.15, 0.2) is 72.8 Å². The molecule has 0 heterocycles. The number of rotatable bonds is 4. The Kier molecular flexibility index (Phi) is 6.26. The molecule has 31 heavy (non-hydrogen) atoms. The minimum atomic E-state index is -0.294. The zero-order valence-electron chi connectivity index (χ0n) is 19.4. The van der Waals surface area contributed by atoms with Gasteiger partial charge in [0.1, 0.15) is 5.75 Å². The molecule has 3 aromatic carbocycles. The first-order valence-electron chi connectivity index (χ1n) is 10.8. The van der Waals surface area contributed by atoms with Gasteiger partial charge in [-0.3, -0.25) is 4.79 Å². The number of phenolic OH excluding ortho intramolecular Hbond substituents is 1. The van der Waals surface area contributed by atoms with E-state index in [9.17, 15) is 9.90 Å². The molecule has 3 nitrogen and oxygen atoms in total. The number of carbonyl (C=O) groups is 1. The fourth-order valence-electron chi connectivity index (χ4n) is 3.71. The number of hydrogen-bond acceptors (Lipinski definition) is 2. The van der Waals surface area contributed by atoms with Crippen molar-refractivity contribution in [3.63, 3.8) is 0 Å². The molecule has 0 aromatic heterocycles. The van der Waals surface area contributed by atoms with Crippen LogP contribution in [0.3, 0.4) is 0 Å². The molecule has 0 unspecified atom stereocenters. The van der Waals surface area contributed by atoms with Crippen LogP contribution in [0.1, 0.15) is 68.6 Å². The number of hydrogen-bond donors (Lipinski definition) is 1. The molecule has 1 N–H and O–H groups in total. The predicted molar refractivity (Wildman–Crippen MR) is 129 cm³/mol. The number of nitrogens with zero attached hydrogens (tertiary/aromatic N) is 1. The van der Waals surface area contributed by atoms with E-state index in [-0.39, 0.29) is 22.5 Å². The molecule has 0 saturated carbocycles. The van der Waals surface area contributed by atoms with Gasteiger partial charge in [0.15, 0.2) is 0 Å². The van der Waals surface area contributed by atoms with Gasteiger partial charge in [-0.05, 0) is 40.7 Å². The van der Waals surface area contributed by atoms with Crippen molar-refractivity contribution >= 4 is 11.6 Å². The Morgan fingerprint density at radius 3 is 1.68 bits per heavy atom. The Labute approximate surface area is 186 Å². The van der Waals surface area contributed by atoms with Gasteiger partial charge in [-0.25, -0.2) is 0 Å². The highest BCUT2D eigenvalue weighted by Crippen LogP contribution is 2.40. The Morgan fingerprint density at radius 1 is 0.774 bits per heavy atom. The molecule has 1 amide bonds. The Bertz CT molecular complexity index is 1010. The van der Waals surface area contributed by atoms with Gasteiger partial charge in [0.2, 0.25) is 0 Å². The number of anilines is 1. The zero-order chi connectivity index (χ0) is 22.8. The summed E-state index contributed by atoms with van der Waals surface area (Å²) in [6.45, 7) is 12.8. The van der Waals surface area contributed by atoms with Gasteiger partial charge in [0.05, 0.1) is 6.54 Å². The van der Waals surface area contributed by atoms with E-state index in [1.54, 1.807) is 4.90 Å². The van der Waals surface area contributed by atoms with Crippen molar-refractivity contribution in [1.29, 1.82) is 0 Å². The van der Waals surface area contributed by atoms with Crippen LogP contribution in [0, 0.1) is 0 Å². The van der Waals surface area contributed by atoms with E-state index in [1.165, 1.54) is 0 Å². The molecule has 0 atom stereocenters. The van der Waals surface area contributed by atoms with Crippen LogP contribution in [-0.4, -0.2) is 11.0 Å². The van der Waals surface area contributed by atoms with Crippen molar-refractivity contribution < 1.29 is 9.90 Å². The molecule has 3 heteroatoms. The topological polar surface area (TPSA) is 40.5 Å². The summed E-state index contributed by atoms with van der Waals surface area (Å²) < 4.78 is 0. The maximum atomic E-state index is 13.9. The third-order valence-electron chi connectivity index (χ3n) is 5.47. The van der Waals surface area contributed by atoms with Gasteiger partial charge >= 0.3 is 0 Å². The smallest absolute Gasteiger partial charge is 0.258 e. The minimum Gasteiger partial charge on any atom is -0.507 e. The monoisotopic (exact) mass is 415 g/mol. The zero-order valence-corrected chi connectivity index (χ0v) is 19.4. The Morgan fingerprint density at radius 2 is 1.23 bits per heavy atom. The van der Waals surface area contributed by atoms with E-state index in [4.69, 9.17) is 0 Å². The molecule has 3 rings (SSSR count). The van der Waals surface area contributed by atoms with Crippen LogP contribution in [0.5, 0.6) is 5.75 Å². The lowest BCUT2D eigenvalue weighted by atomic mass is 9.78. The minimum absolute atomic E-state index is 0.0777. The lowest BCUT2D eigenvalue weighted by Crippen LogP contribution is -2.31. The van der Waals surface area contributed by atoms with Gasteiger partial charge < -0.3 is 10.0 Å². The SMILES string of the molecule is CC(C)(C)c1cc(C(=O)N(Cc2ccccc2)c2ccccc2)cc(C(C)(C)C)c1O. The Hall–Kier alpha value is -3.07. The van der Waals surface area contributed by atoms with Crippen molar-refractivity contribution in [2.45, 2.75) is 58.9 Å². The van der Waals surface area contributed by atoms with Crippen molar-refractivity contribution in [1.82, 2.24) is 0 Å². The highest BCUT2D eigenvalue weighted by atomic mass is 16.3. The van der Waals surface area contributed by atoms with E-state index < -0.39 is 0 Å². The normalized spacial score (nSPS) is 11.9. The third-order valence-corrected chi connectivity index (χ3v) is 5.47. The first kappa shape index (κ1) is 22.6. The standard InChI is InChI=1S/C28H33NO2/c1-27(2,3)23-17-21(18-24(25(23)30)28(4,5)6)26(31)29(22-15-11-8-12-16-22)19-20-13-9-7-10-14-20/h7-18,30H,19H2,1-6H3. The number of aromatic hydroxyl groups is 1. The highest BCUT2D eigenvalue weighted by Gasteiger charge is 2.29. The molecule has 0 aliphatic rings. The first-order chi connectivity index (χ1) is 14.5. The van der Waals surface area contributed by atoms with Crippen molar-refractivity contribution in [3.8, 4) is 5.75 Å². The van der Waals surface area contributed by atoms with Crippen molar-refractivity contribution in [2.75, 3.05) is 4.90 Å². The average molecular weight is 416 g/mol. The Balaban J connectivity index is 2.15. The fourth-order valence-corrected chi connectivity index (χ4v) is 3.71. The van der Waals surface area contributed by atoms with Gasteiger partial charge in [-0.2, -0.15) is 0 Å². The largest absolute Gasteiger partial charge is 0.507 e. The second kappa shape index (κ2) is 8.58. The van der Waals surface area contributed by atoms with E-state index >= 15 is 0 Å².